The van der Waals surface area contributed by atoms with Crippen molar-refractivity contribution in [1.82, 2.24) is 9.80 Å². The average molecular weight is 331 g/mol. The van der Waals surface area contributed by atoms with E-state index in [1.165, 1.54) is 17.4 Å². The molecule has 4 nitrogen and oxygen atoms in total. The Balaban J connectivity index is 1.53. The molecule has 3 saturated heterocycles. The number of rotatable bonds is 1. The zero-order chi connectivity index (χ0) is 15.6. The number of hydrogen-bond donors (Lipinski definition) is 0. The molecule has 1 unspecified atom stereocenters. The SMILES string of the molecule is CN1C(c2cc3cccc(F)c3s2)=NOC12CN1CCC2CC1. The lowest BCUT2D eigenvalue weighted by molar-refractivity contribution is -0.190. The largest absolute Gasteiger partial charge is 0.363 e. The van der Waals surface area contributed by atoms with Gasteiger partial charge in [-0.2, -0.15) is 0 Å². The van der Waals surface area contributed by atoms with E-state index in [9.17, 15) is 4.39 Å². The Hall–Kier alpha value is -1.66. The summed E-state index contributed by atoms with van der Waals surface area (Å²) >= 11 is 1.45. The molecule has 1 spiro atoms. The predicted molar refractivity (Wildman–Crippen MR) is 89.1 cm³/mol. The van der Waals surface area contributed by atoms with Gasteiger partial charge in [-0.3, -0.25) is 4.90 Å². The number of likely N-dealkylation sites (N-methyl/N-ethyl adjacent to an activating group) is 1. The van der Waals surface area contributed by atoms with Gasteiger partial charge in [0, 0.05) is 13.0 Å². The molecule has 2 bridgehead atoms. The van der Waals surface area contributed by atoms with Crippen molar-refractivity contribution in [2.45, 2.75) is 18.6 Å². The summed E-state index contributed by atoms with van der Waals surface area (Å²) in [6.45, 7) is 3.22. The van der Waals surface area contributed by atoms with Gasteiger partial charge in [0.25, 0.3) is 0 Å². The van der Waals surface area contributed by atoms with Crippen molar-refractivity contribution in [1.29, 1.82) is 0 Å². The molecule has 2 aromatic rings. The molecule has 6 heteroatoms. The second kappa shape index (κ2) is 4.68. The molecule has 120 valence electrons. The Morgan fingerprint density at radius 1 is 1.35 bits per heavy atom. The van der Waals surface area contributed by atoms with E-state index in [1.54, 1.807) is 6.07 Å². The van der Waals surface area contributed by atoms with E-state index in [0.717, 1.165) is 48.6 Å². The van der Waals surface area contributed by atoms with Crippen molar-refractivity contribution >= 4 is 27.3 Å². The minimum absolute atomic E-state index is 0.168. The van der Waals surface area contributed by atoms with Crippen LogP contribution in [0.4, 0.5) is 4.39 Å². The summed E-state index contributed by atoms with van der Waals surface area (Å²) in [7, 11) is 2.06. The fraction of sp³-hybridized carbons (Fsp3) is 0.471. The quantitative estimate of drug-likeness (QED) is 0.804. The van der Waals surface area contributed by atoms with Crippen LogP contribution < -0.4 is 0 Å². The second-order valence-electron chi connectivity index (χ2n) is 6.73. The number of benzene rings is 1. The highest BCUT2D eigenvalue weighted by molar-refractivity contribution is 7.20. The minimum Gasteiger partial charge on any atom is -0.363 e. The van der Waals surface area contributed by atoms with Crippen LogP contribution in [-0.2, 0) is 4.84 Å². The first kappa shape index (κ1) is 13.7. The van der Waals surface area contributed by atoms with Crippen LogP contribution in [0.25, 0.3) is 10.1 Å². The highest BCUT2D eigenvalue weighted by Gasteiger charge is 2.56. The van der Waals surface area contributed by atoms with Crippen molar-refractivity contribution in [3.8, 4) is 0 Å². The third-order valence-corrected chi connectivity index (χ3v) is 6.72. The van der Waals surface area contributed by atoms with Crippen molar-refractivity contribution in [2.75, 3.05) is 26.7 Å². The molecular weight excluding hydrogens is 313 g/mol. The first-order valence-electron chi connectivity index (χ1n) is 8.08. The summed E-state index contributed by atoms with van der Waals surface area (Å²) in [5.41, 5.74) is -0.333. The van der Waals surface area contributed by atoms with Gasteiger partial charge in [-0.05, 0) is 43.5 Å². The lowest BCUT2D eigenvalue weighted by atomic mass is 9.80. The molecule has 6 rings (SSSR count). The molecule has 5 heterocycles. The van der Waals surface area contributed by atoms with Crippen molar-refractivity contribution < 1.29 is 9.23 Å². The Morgan fingerprint density at radius 3 is 2.87 bits per heavy atom. The van der Waals surface area contributed by atoms with Crippen LogP contribution >= 0.6 is 11.3 Å². The molecule has 23 heavy (non-hydrogen) atoms. The molecule has 4 aliphatic heterocycles. The number of fused-ring (bicyclic) bond motifs is 3. The standard InChI is InChI=1S/C17H18FN3OS/c1-20-16(14-9-11-3-2-4-13(18)15(11)23-14)19-22-17(20)10-21-7-5-12(17)6-8-21/h2-4,9,12H,5-8,10H2,1H3. The van der Waals surface area contributed by atoms with Gasteiger partial charge in [-0.15, -0.1) is 11.3 Å². The number of hydrogen-bond acceptors (Lipinski definition) is 5. The van der Waals surface area contributed by atoms with Crippen LogP contribution in [0.5, 0.6) is 0 Å². The lowest BCUT2D eigenvalue weighted by Crippen LogP contribution is -2.65. The van der Waals surface area contributed by atoms with E-state index in [4.69, 9.17) is 4.84 Å². The predicted octanol–water partition coefficient (Wildman–Crippen LogP) is 3.09. The van der Waals surface area contributed by atoms with Crippen molar-refractivity contribution in [3.05, 3.63) is 35.0 Å². The van der Waals surface area contributed by atoms with Gasteiger partial charge >= 0.3 is 0 Å². The van der Waals surface area contributed by atoms with E-state index in [-0.39, 0.29) is 11.5 Å². The lowest BCUT2D eigenvalue weighted by Gasteiger charge is -2.52. The Kier molecular flexibility index (Phi) is 2.79. The van der Waals surface area contributed by atoms with Crippen molar-refractivity contribution in [2.24, 2.45) is 11.1 Å². The molecule has 3 fully saturated rings. The molecule has 0 saturated carbocycles. The molecule has 4 aliphatic rings. The monoisotopic (exact) mass is 331 g/mol. The highest BCUT2D eigenvalue weighted by atomic mass is 32.1. The topological polar surface area (TPSA) is 28.1 Å². The molecular formula is C17H18FN3OS. The van der Waals surface area contributed by atoms with Gasteiger partial charge in [-0.1, -0.05) is 17.3 Å². The van der Waals surface area contributed by atoms with E-state index in [1.807, 2.05) is 12.1 Å². The van der Waals surface area contributed by atoms with Gasteiger partial charge < -0.3 is 9.74 Å². The molecule has 1 atom stereocenters. The van der Waals surface area contributed by atoms with E-state index in [0.29, 0.717) is 10.6 Å². The Bertz CT molecular complexity index is 811. The maximum absolute atomic E-state index is 14.0. The van der Waals surface area contributed by atoms with Gasteiger partial charge in [0.1, 0.15) is 5.82 Å². The average Bonchev–Trinajstić information content (AvgIpc) is 3.13. The summed E-state index contributed by atoms with van der Waals surface area (Å²) < 4.78 is 14.7. The molecule has 0 amide bonds. The third-order valence-electron chi connectivity index (χ3n) is 5.57. The Morgan fingerprint density at radius 2 is 2.17 bits per heavy atom. The van der Waals surface area contributed by atoms with Gasteiger partial charge in [0.2, 0.25) is 5.72 Å². The summed E-state index contributed by atoms with van der Waals surface area (Å²) in [6, 6.07) is 7.22. The number of thiophene rings is 1. The number of nitrogens with zero attached hydrogens (tertiary/aromatic N) is 3. The van der Waals surface area contributed by atoms with E-state index >= 15 is 0 Å². The zero-order valence-electron chi connectivity index (χ0n) is 13.0. The maximum atomic E-state index is 14.0. The second-order valence-corrected chi connectivity index (χ2v) is 7.78. The van der Waals surface area contributed by atoms with Crippen LogP contribution in [0, 0.1) is 11.7 Å². The minimum atomic E-state index is -0.333. The zero-order valence-corrected chi connectivity index (χ0v) is 13.8. The van der Waals surface area contributed by atoms with Gasteiger partial charge in [0.15, 0.2) is 5.84 Å². The normalized spacial score (nSPS) is 32.6. The molecule has 0 radical (unpaired) electrons. The first-order chi connectivity index (χ1) is 11.2. The summed E-state index contributed by atoms with van der Waals surface area (Å²) in [4.78, 5) is 11.6. The van der Waals surface area contributed by atoms with Crippen LogP contribution in [0.1, 0.15) is 17.7 Å². The molecule has 0 aliphatic carbocycles. The molecule has 0 N–H and O–H groups in total. The third kappa shape index (κ3) is 1.82. The van der Waals surface area contributed by atoms with Crippen molar-refractivity contribution in [3.63, 3.8) is 0 Å². The summed E-state index contributed by atoms with van der Waals surface area (Å²) in [6.07, 6.45) is 2.32. The summed E-state index contributed by atoms with van der Waals surface area (Å²) in [5, 5.41) is 5.34. The first-order valence-corrected chi connectivity index (χ1v) is 8.90. The maximum Gasteiger partial charge on any atom is 0.226 e. The van der Waals surface area contributed by atoms with Crippen LogP contribution in [0.15, 0.2) is 29.4 Å². The number of halogens is 1. The fourth-order valence-electron chi connectivity index (χ4n) is 4.25. The highest BCUT2D eigenvalue weighted by Crippen LogP contribution is 2.44. The van der Waals surface area contributed by atoms with Crippen LogP contribution in [-0.4, -0.2) is 48.0 Å². The number of oxime groups is 1. The van der Waals surface area contributed by atoms with E-state index < -0.39 is 0 Å². The molecule has 1 aromatic heterocycles. The number of piperidine rings is 3. The Labute approximate surface area is 138 Å². The van der Waals surface area contributed by atoms with Crippen LogP contribution in [0.3, 0.4) is 0 Å². The fourth-order valence-corrected chi connectivity index (χ4v) is 5.33. The molecule has 1 aromatic carbocycles. The number of amidine groups is 1. The summed E-state index contributed by atoms with van der Waals surface area (Å²) in [5.74, 6) is 1.18. The van der Waals surface area contributed by atoms with Crippen LogP contribution in [0.2, 0.25) is 0 Å². The van der Waals surface area contributed by atoms with Gasteiger partial charge in [-0.25, -0.2) is 4.39 Å². The van der Waals surface area contributed by atoms with E-state index in [2.05, 4.69) is 22.0 Å². The van der Waals surface area contributed by atoms with Gasteiger partial charge in [0.05, 0.1) is 16.1 Å². The smallest absolute Gasteiger partial charge is 0.226 e.